The first-order valence-electron chi connectivity index (χ1n) is 9.23. The summed E-state index contributed by atoms with van der Waals surface area (Å²) in [6.07, 6.45) is 1.80. The number of ether oxygens (including phenoxy) is 1. The van der Waals surface area contributed by atoms with E-state index < -0.39 is 0 Å². The molecule has 1 aliphatic heterocycles. The molecule has 1 saturated heterocycles. The van der Waals surface area contributed by atoms with Crippen molar-refractivity contribution in [3.05, 3.63) is 41.7 Å². The van der Waals surface area contributed by atoms with Gasteiger partial charge in [0.2, 0.25) is 5.91 Å². The molecule has 1 aromatic heterocycles. The largest absolute Gasteiger partial charge is 0.497 e. The van der Waals surface area contributed by atoms with Crippen molar-refractivity contribution < 1.29 is 14.3 Å². The Hall–Kier alpha value is -2.83. The highest BCUT2D eigenvalue weighted by Gasteiger charge is 2.34. The number of rotatable bonds is 5. The van der Waals surface area contributed by atoms with Crippen LogP contribution in [0.15, 0.2) is 30.3 Å². The third-order valence-electron chi connectivity index (χ3n) is 4.87. The topological polar surface area (TPSA) is 67.7 Å². The number of hydrogen-bond acceptors (Lipinski definition) is 4. The first-order valence-corrected chi connectivity index (χ1v) is 9.23. The molecule has 0 saturated carbocycles. The van der Waals surface area contributed by atoms with Crippen molar-refractivity contribution in [2.45, 2.75) is 32.7 Å². The lowest BCUT2D eigenvalue weighted by Gasteiger charge is -2.39. The molecule has 2 heterocycles. The van der Waals surface area contributed by atoms with Crippen molar-refractivity contribution in [2.75, 3.05) is 25.1 Å². The van der Waals surface area contributed by atoms with E-state index in [4.69, 9.17) is 4.74 Å². The zero-order valence-corrected chi connectivity index (χ0v) is 16.3. The highest BCUT2D eigenvalue weighted by molar-refractivity contribution is 6.01. The molecule has 0 unspecified atom stereocenters. The fourth-order valence-electron chi connectivity index (χ4n) is 3.40. The average Bonchev–Trinajstić information content (AvgIpc) is 3.03. The molecule has 144 valence electrons. The van der Waals surface area contributed by atoms with Crippen LogP contribution in [0.1, 0.15) is 36.5 Å². The Balaban J connectivity index is 1.78. The number of carbonyl (C=O) groups excluding carboxylic acids is 2. The average molecular weight is 370 g/mol. The second-order valence-electron chi connectivity index (χ2n) is 6.88. The molecular formula is C20H26N4O3. The monoisotopic (exact) mass is 370 g/mol. The molecule has 1 fully saturated rings. The molecule has 0 spiro atoms. The summed E-state index contributed by atoms with van der Waals surface area (Å²) >= 11 is 0. The summed E-state index contributed by atoms with van der Waals surface area (Å²) in [4.78, 5) is 29.1. The van der Waals surface area contributed by atoms with Crippen molar-refractivity contribution in [1.29, 1.82) is 0 Å². The molecule has 0 aliphatic carbocycles. The molecule has 7 heteroatoms. The summed E-state index contributed by atoms with van der Waals surface area (Å²) in [6, 6.07) is 9.13. The van der Waals surface area contributed by atoms with E-state index in [1.807, 2.05) is 37.3 Å². The summed E-state index contributed by atoms with van der Waals surface area (Å²) in [5, 5.41) is 4.40. The molecule has 3 rings (SSSR count). The Labute approximate surface area is 159 Å². The van der Waals surface area contributed by atoms with E-state index in [0.29, 0.717) is 18.0 Å². The van der Waals surface area contributed by atoms with Crippen LogP contribution in [0.5, 0.6) is 5.75 Å². The first kappa shape index (κ1) is 18.9. The van der Waals surface area contributed by atoms with Gasteiger partial charge >= 0.3 is 0 Å². The Morgan fingerprint density at radius 1 is 1.33 bits per heavy atom. The predicted molar refractivity (Wildman–Crippen MR) is 103 cm³/mol. The zero-order chi connectivity index (χ0) is 19.6. The zero-order valence-electron chi connectivity index (χ0n) is 16.3. The van der Waals surface area contributed by atoms with Gasteiger partial charge in [-0.15, -0.1) is 0 Å². The van der Waals surface area contributed by atoms with Crippen molar-refractivity contribution in [3.63, 3.8) is 0 Å². The maximum absolute atomic E-state index is 13.0. The number of aryl methyl sites for hydroxylation is 2. The minimum atomic E-state index is -0.154. The van der Waals surface area contributed by atoms with Crippen LogP contribution in [0.3, 0.4) is 0 Å². The van der Waals surface area contributed by atoms with Crippen LogP contribution in [0.25, 0.3) is 0 Å². The number of aromatic nitrogens is 2. The van der Waals surface area contributed by atoms with E-state index >= 15 is 0 Å². The SMILES string of the molecule is CCCc1cc(C(=O)N2CC(=O)N(c3cccc(OC)c3)C[C@H]2C)n(C)n1. The summed E-state index contributed by atoms with van der Waals surface area (Å²) in [5.41, 5.74) is 2.20. The fourth-order valence-corrected chi connectivity index (χ4v) is 3.40. The summed E-state index contributed by atoms with van der Waals surface area (Å²) in [5.74, 6) is 0.439. The van der Waals surface area contributed by atoms with Gasteiger partial charge in [-0.1, -0.05) is 19.4 Å². The summed E-state index contributed by atoms with van der Waals surface area (Å²) < 4.78 is 6.86. The fraction of sp³-hybridized carbons (Fsp3) is 0.450. The lowest BCUT2D eigenvalue weighted by molar-refractivity contribution is -0.121. The Morgan fingerprint density at radius 2 is 2.11 bits per heavy atom. The lowest BCUT2D eigenvalue weighted by atomic mass is 10.1. The third kappa shape index (κ3) is 3.82. The molecule has 1 aliphatic rings. The van der Waals surface area contributed by atoms with Gasteiger partial charge in [-0.05, 0) is 31.5 Å². The highest BCUT2D eigenvalue weighted by Crippen LogP contribution is 2.25. The number of amides is 2. The van der Waals surface area contributed by atoms with Gasteiger partial charge in [0.25, 0.3) is 5.91 Å². The highest BCUT2D eigenvalue weighted by atomic mass is 16.5. The molecule has 0 radical (unpaired) electrons. The Kier molecular flexibility index (Phi) is 5.48. The first-order chi connectivity index (χ1) is 12.9. The van der Waals surface area contributed by atoms with E-state index in [1.54, 1.807) is 28.6 Å². The van der Waals surface area contributed by atoms with E-state index in [0.717, 1.165) is 24.2 Å². The second kappa shape index (κ2) is 7.82. The van der Waals surface area contributed by atoms with Crippen LogP contribution < -0.4 is 9.64 Å². The van der Waals surface area contributed by atoms with Gasteiger partial charge in [-0.2, -0.15) is 5.10 Å². The quantitative estimate of drug-likeness (QED) is 0.810. The van der Waals surface area contributed by atoms with E-state index in [1.165, 1.54) is 0 Å². The predicted octanol–water partition coefficient (Wildman–Crippen LogP) is 2.26. The van der Waals surface area contributed by atoms with Gasteiger partial charge in [0.1, 0.15) is 18.0 Å². The van der Waals surface area contributed by atoms with Gasteiger partial charge in [-0.3, -0.25) is 14.3 Å². The molecule has 7 nitrogen and oxygen atoms in total. The second-order valence-corrected chi connectivity index (χ2v) is 6.88. The van der Waals surface area contributed by atoms with Crippen LogP contribution in [0.4, 0.5) is 5.69 Å². The Bertz CT molecular complexity index is 846. The van der Waals surface area contributed by atoms with Crippen LogP contribution in [-0.4, -0.2) is 52.7 Å². The minimum absolute atomic E-state index is 0.0471. The maximum Gasteiger partial charge on any atom is 0.272 e. The van der Waals surface area contributed by atoms with Crippen molar-refractivity contribution in [1.82, 2.24) is 14.7 Å². The van der Waals surface area contributed by atoms with Crippen LogP contribution in [0, 0.1) is 0 Å². The van der Waals surface area contributed by atoms with Crippen molar-refractivity contribution in [2.24, 2.45) is 7.05 Å². The lowest BCUT2D eigenvalue weighted by Crippen LogP contribution is -2.57. The maximum atomic E-state index is 13.0. The van der Waals surface area contributed by atoms with Crippen LogP contribution >= 0.6 is 0 Å². The molecule has 0 N–H and O–H groups in total. The molecule has 2 aromatic rings. The smallest absolute Gasteiger partial charge is 0.272 e. The van der Waals surface area contributed by atoms with Gasteiger partial charge in [0.05, 0.1) is 12.8 Å². The summed E-state index contributed by atoms with van der Waals surface area (Å²) in [7, 11) is 3.37. The van der Waals surface area contributed by atoms with Gasteiger partial charge in [0, 0.05) is 31.4 Å². The Morgan fingerprint density at radius 3 is 2.81 bits per heavy atom. The normalized spacial score (nSPS) is 17.3. The number of methoxy groups -OCH3 is 1. The van der Waals surface area contributed by atoms with Gasteiger partial charge in [0.15, 0.2) is 0 Å². The molecule has 2 amide bonds. The molecule has 1 aromatic carbocycles. The van der Waals surface area contributed by atoms with Crippen molar-refractivity contribution in [3.8, 4) is 5.75 Å². The number of nitrogens with zero attached hydrogens (tertiary/aromatic N) is 4. The third-order valence-corrected chi connectivity index (χ3v) is 4.87. The van der Waals surface area contributed by atoms with Crippen LogP contribution in [0.2, 0.25) is 0 Å². The number of carbonyl (C=O) groups is 2. The molecular weight excluding hydrogens is 344 g/mol. The van der Waals surface area contributed by atoms with E-state index in [9.17, 15) is 9.59 Å². The summed E-state index contributed by atoms with van der Waals surface area (Å²) in [6.45, 7) is 4.53. The van der Waals surface area contributed by atoms with E-state index in [-0.39, 0.29) is 24.4 Å². The number of anilines is 1. The molecule has 0 bridgehead atoms. The molecule has 27 heavy (non-hydrogen) atoms. The van der Waals surface area contributed by atoms with Crippen LogP contribution in [-0.2, 0) is 18.3 Å². The van der Waals surface area contributed by atoms with E-state index in [2.05, 4.69) is 12.0 Å². The number of piperazine rings is 1. The number of hydrogen-bond donors (Lipinski definition) is 0. The van der Waals surface area contributed by atoms with Crippen molar-refractivity contribution >= 4 is 17.5 Å². The standard InChI is InChI=1S/C20H26N4O3/c1-5-7-15-10-18(22(3)21-15)20(26)23-13-19(25)24(12-14(23)2)16-8-6-9-17(11-16)27-4/h6,8-11,14H,5,7,12-13H2,1-4H3/t14-/m1/s1. The van der Waals surface area contributed by atoms with Gasteiger partial charge in [-0.25, -0.2) is 0 Å². The molecule has 1 atom stereocenters. The van der Waals surface area contributed by atoms with Gasteiger partial charge < -0.3 is 14.5 Å². The number of benzene rings is 1. The minimum Gasteiger partial charge on any atom is -0.497 e.